The third-order valence-corrected chi connectivity index (χ3v) is 11.3. The lowest BCUT2D eigenvalue weighted by Crippen LogP contribution is -2.43. The van der Waals surface area contributed by atoms with Crippen molar-refractivity contribution >= 4 is 28.5 Å². The summed E-state index contributed by atoms with van der Waals surface area (Å²) in [5.41, 5.74) is 13.3. The largest absolute Gasteiger partial charge is 0.461 e. The second kappa shape index (κ2) is 12.9. The van der Waals surface area contributed by atoms with Crippen LogP contribution in [0.25, 0.3) is 10.7 Å². The molecule has 49 heavy (non-hydrogen) atoms. The van der Waals surface area contributed by atoms with Gasteiger partial charge in [-0.2, -0.15) is 20.3 Å². The Labute approximate surface area is 289 Å². The molecule has 8 rings (SSSR count). The van der Waals surface area contributed by atoms with Gasteiger partial charge in [0, 0.05) is 48.8 Å². The van der Waals surface area contributed by atoms with Crippen LogP contribution in [-0.4, -0.2) is 67.6 Å². The molecule has 4 aromatic rings. The molecule has 3 aromatic heterocycles. The Kier molecular flexibility index (Phi) is 8.37. The molecule has 0 saturated carbocycles. The first-order valence-corrected chi connectivity index (χ1v) is 18.1. The maximum absolute atomic E-state index is 14.6. The number of ether oxygens (including phenoxy) is 1. The van der Waals surface area contributed by atoms with E-state index in [0.29, 0.717) is 49.6 Å². The Morgan fingerprint density at radius 3 is 2.92 bits per heavy atom. The minimum absolute atomic E-state index is 0.219. The van der Waals surface area contributed by atoms with Crippen LogP contribution in [0.15, 0.2) is 23.7 Å². The number of nitriles is 1. The Balaban J connectivity index is 1.17. The molecule has 12 nitrogen and oxygen atoms in total. The third-order valence-electron chi connectivity index (χ3n) is 10.5. The second-order valence-electron chi connectivity index (χ2n) is 13.6. The number of nitrogens with zero attached hydrogens (tertiary/aromatic N) is 9. The van der Waals surface area contributed by atoms with Gasteiger partial charge in [0.25, 0.3) is 0 Å². The zero-order valence-electron chi connectivity index (χ0n) is 28.0. The molecule has 0 spiro atoms. The number of alkyl halides is 1. The van der Waals surface area contributed by atoms with Gasteiger partial charge in [-0.25, -0.2) is 14.4 Å². The lowest BCUT2D eigenvalue weighted by molar-refractivity contribution is 0.0744. The number of aryl methyl sites for hydroxylation is 2. The summed E-state index contributed by atoms with van der Waals surface area (Å²) in [6, 6.07) is 6.35. The highest BCUT2D eigenvalue weighted by Gasteiger charge is 2.49. The van der Waals surface area contributed by atoms with Crippen LogP contribution in [0.3, 0.4) is 0 Å². The first kappa shape index (κ1) is 31.9. The summed E-state index contributed by atoms with van der Waals surface area (Å²) in [5, 5.41) is 19.7. The molecule has 2 saturated heterocycles. The normalized spacial score (nSPS) is 22.0. The molecule has 2 atom stereocenters. The molecular weight excluding hydrogens is 644 g/mol. The van der Waals surface area contributed by atoms with Gasteiger partial charge in [-0.15, -0.1) is 11.3 Å². The van der Waals surface area contributed by atoms with Crippen LogP contribution in [0, 0.1) is 18.3 Å². The molecule has 0 unspecified atom stereocenters. The summed E-state index contributed by atoms with van der Waals surface area (Å²) < 4.78 is 23.2. The quantitative estimate of drug-likeness (QED) is 0.242. The van der Waals surface area contributed by atoms with Gasteiger partial charge >= 0.3 is 6.01 Å². The maximum atomic E-state index is 14.6. The van der Waals surface area contributed by atoms with E-state index in [9.17, 15) is 9.65 Å². The third kappa shape index (κ3) is 5.67. The molecule has 256 valence electrons. The highest BCUT2D eigenvalue weighted by molar-refractivity contribution is 7.13. The van der Waals surface area contributed by atoms with E-state index in [1.807, 2.05) is 17.6 Å². The van der Waals surface area contributed by atoms with E-state index >= 15 is 0 Å². The van der Waals surface area contributed by atoms with Crippen molar-refractivity contribution in [1.82, 2.24) is 29.6 Å². The molecule has 14 heteroatoms. The summed E-state index contributed by atoms with van der Waals surface area (Å²) >= 11 is 1.59. The summed E-state index contributed by atoms with van der Waals surface area (Å²) in [6.45, 7) is 8.56. The number of halogens is 1. The Hall–Kier alpha value is -4.32. The molecule has 0 bridgehead atoms. The van der Waals surface area contributed by atoms with Crippen LogP contribution in [0.5, 0.6) is 6.01 Å². The van der Waals surface area contributed by atoms with Gasteiger partial charge < -0.3 is 15.4 Å². The average Bonchev–Trinajstić information content (AvgIpc) is 3.86. The van der Waals surface area contributed by atoms with Crippen molar-refractivity contribution in [2.45, 2.75) is 90.3 Å². The van der Waals surface area contributed by atoms with Crippen molar-refractivity contribution in [1.29, 1.82) is 5.26 Å². The van der Waals surface area contributed by atoms with E-state index in [1.54, 1.807) is 22.5 Å². The second-order valence-corrected chi connectivity index (χ2v) is 14.5. The zero-order valence-corrected chi connectivity index (χ0v) is 28.8. The number of aromatic nitrogens is 5. The van der Waals surface area contributed by atoms with Gasteiger partial charge in [0.1, 0.15) is 47.5 Å². The topological polar surface area (TPSA) is 134 Å². The number of hydrogen-bond donors (Lipinski definition) is 1. The van der Waals surface area contributed by atoms with E-state index < -0.39 is 6.17 Å². The molecule has 0 amide bonds. The Bertz CT molecular complexity index is 1910. The number of rotatable bonds is 8. The van der Waals surface area contributed by atoms with Crippen molar-refractivity contribution in [3.8, 4) is 22.8 Å². The molecule has 2 N–H and O–H groups in total. The number of benzene rings is 1. The summed E-state index contributed by atoms with van der Waals surface area (Å²) in [7, 11) is 0. The highest BCUT2D eigenvalue weighted by Crippen LogP contribution is 2.42. The fourth-order valence-electron chi connectivity index (χ4n) is 8.11. The Morgan fingerprint density at radius 1 is 1.20 bits per heavy atom. The van der Waals surface area contributed by atoms with E-state index in [-0.39, 0.29) is 18.2 Å². The molecule has 2 fully saturated rings. The van der Waals surface area contributed by atoms with Crippen molar-refractivity contribution in [2.24, 2.45) is 0 Å². The van der Waals surface area contributed by atoms with E-state index in [1.165, 1.54) is 0 Å². The standard InChI is InChI=1S/C35H41FN10O2S/c1-3-6-23-7-8-27(38)25(16-37)31(23)46-18-28-26(20-48-46)32(41-34(40-28)47-21-35-9-4-12-44(35)17-24(36)15-35)43-11-5-13-45-29(19-43)22(2)30(42-45)33-39-10-14-49-33/h7-8,10,14,24H,3-6,9,11-13,15,17-21,38H2,1-2H3/t24-,35+/m1/s1. The van der Waals surface area contributed by atoms with Crippen LogP contribution in [0.1, 0.15) is 72.7 Å². The van der Waals surface area contributed by atoms with Crippen molar-refractivity contribution in [2.75, 3.05) is 41.9 Å². The average molecular weight is 685 g/mol. The summed E-state index contributed by atoms with van der Waals surface area (Å²) in [5.74, 6) is 0.766. The van der Waals surface area contributed by atoms with E-state index in [4.69, 9.17) is 30.4 Å². The van der Waals surface area contributed by atoms with Crippen molar-refractivity contribution in [3.05, 3.63) is 57.4 Å². The molecule has 1 aromatic carbocycles. The van der Waals surface area contributed by atoms with Gasteiger partial charge in [0.15, 0.2) is 0 Å². The fourth-order valence-corrected chi connectivity index (χ4v) is 8.78. The molecule has 0 aliphatic carbocycles. The van der Waals surface area contributed by atoms with E-state index in [2.05, 4.69) is 39.4 Å². The number of nitrogens with two attached hydrogens (primary N) is 1. The van der Waals surface area contributed by atoms with Gasteiger partial charge in [-0.3, -0.25) is 14.4 Å². The molecule has 7 heterocycles. The zero-order chi connectivity index (χ0) is 33.7. The predicted molar refractivity (Wildman–Crippen MR) is 185 cm³/mol. The molecule has 4 aliphatic heterocycles. The van der Waals surface area contributed by atoms with Crippen LogP contribution in [0.4, 0.5) is 21.6 Å². The minimum atomic E-state index is -0.848. The van der Waals surface area contributed by atoms with Gasteiger partial charge in [-0.1, -0.05) is 19.4 Å². The number of fused-ring (bicyclic) bond motifs is 3. The number of nitrogen functional groups attached to an aromatic ring is 1. The van der Waals surface area contributed by atoms with Crippen LogP contribution in [-0.2, 0) is 37.5 Å². The van der Waals surface area contributed by atoms with Crippen LogP contribution >= 0.6 is 11.3 Å². The minimum Gasteiger partial charge on any atom is -0.461 e. The monoisotopic (exact) mass is 684 g/mol. The van der Waals surface area contributed by atoms with Crippen molar-refractivity contribution < 1.29 is 14.0 Å². The lowest BCUT2D eigenvalue weighted by atomic mass is 9.95. The molecule has 0 radical (unpaired) electrons. The van der Waals surface area contributed by atoms with Gasteiger partial charge in [-0.05, 0) is 50.8 Å². The number of hydroxylamine groups is 1. The number of thiazole rings is 1. The fraction of sp³-hybridized carbons (Fsp3) is 0.514. The predicted octanol–water partition coefficient (Wildman–Crippen LogP) is 5.33. The molecule has 4 aliphatic rings. The molecular formula is C35H41FN10O2S. The summed E-state index contributed by atoms with van der Waals surface area (Å²) in [6.07, 6.45) is 5.92. The van der Waals surface area contributed by atoms with Crippen LogP contribution < -0.4 is 20.4 Å². The SMILES string of the molecule is CCCc1ccc(N)c(C#N)c1N1Cc2nc(OC[C@@]34CCCN3C[C@H](F)C4)nc(N3CCCn4nc(-c5nccs5)c(C)c4C3)c2CO1. The van der Waals surface area contributed by atoms with Crippen LogP contribution in [0.2, 0.25) is 0 Å². The number of hydrogen-bond acceptors (Lipinski definition) is 12. The number of anilines is 3. The first-order valence-electron chi connectivity index (χ1n) is 17.2. The first-order chi connectivity index (χ1) is 23.9. The highest BCUT2D eigenvalue weighted by atomic mass is 32.1. The van der Waals surface area contributed by atoms with Gasteiger partial charge in [0.2, 0.25) is 0 Å². The Morgan fingerprint density at radius 2 is 2.10 bits per heavy atom. The maximum Gasteiger partial charge on any atom is 0.318 e. The van der Waals surface area contributed by atoms with E-state index in [0.717, 1.165) is 96.3 Å². The summed E-state index contributed by atoms with van der Waals surface area (Å²) in [4.78, 5) is 25.5. The van der Waals surface area contributed by atoms with Gasteiger partial charge in [0.05, 0.1) is 41.4 Å². The smallest absolute Gasteiger partial charge is 0.318 e. The lowest BCUT2D eigenvalue weighted by Gasteiger charge is -2.34. The van der Waals surface area contributed by atoms with Crippen molar-refractivity contribution in [3.63, 3.8) is 0 Å².